The molecule has 2 N–H and O–H groups in total. The Bertz CT molecular complexity index is 4250. The molecule has 98 heavy (non-hydrogen) atoms. The number of likely N-dealkylation sites (tertiary alicyclic amines) is 2. The fraction of sp³-hybridized carbons (Fsp3) is 0.569. The van der Waals surface area contributed by atoms with Gasteiger partial charge < -0.3 is 48.8 Å². The number of thiophene rings is 1. The van der Waals surface area contributed by atoms with Gasteiger partial charge in [-0.05, 0) is 147 Å². The second kappa shape index (κ2) is 26.9. The lowest BCUT2D eigenvalue weighted by Crippen LogP contribution is -2.57. The molecule has 2 bridgehead atoms. The summed E-state index contributed by atoms with van der Waals surface area (Å²) in [6, 6.07) is 12.0. The quantitative estimate of drug-likeness (QED) is 0.0917. The van der Waals surface area contributed by atoms with Crippen LogP contribution in [0, 0.1) is 31.1 Å². The van der Waals surface area contributed by atoms with Crippen molar-refractivity contribution in [3.05, 3.63) is 88.5 Å². The molecule has 6 saturated heterocycles. The number of carbonyl (C=O) groups is 3. The average molecular weight is 1380 g/mol. The van der Waals surface area contributed by atoms with Gasteiger partial charge in [-0.1, -0.05) is 50.2 Å². The van der Waals surface area contributed by atoms with E-state index >= 15 is 13.2 Å². The third-order valence-electron chi connectivity index (χ3n) is 20.9. The molecule has 2 aromatic carbocycles. The molecule has 8 atom stereocenters. The Balaban J connectivity index is 0.660. The maximum absolute atomic E-state index is 15.6. The number of aromatic nitrogens is 7. The number of aliphatic hydroxyl groups excluding tert-OH is 1. The number of benzene rings is 2. The van der Waals surface area contributed by atoms with Crippen LogP contribution >= 0.6 is 22.7 Å². The lowest BCUT2D eigenvalue weighted by Gasteiger charge is -2.42. The lowest BCUT2D eigenvalue weighted by molar-refractivity contribution is -0.141. The van der Waals surface area contributed by atoms with E-state index in [1.807, 2.05) is 95.3 Å². The number of halogens is 3. The van der Waals surface area contributed by atoms with E-state index in [9.17, 15) is 19.5 Å². The van der Waals surface area contributed by atoms with Gasteiger partial charge in [-0.25, -0.2) is 14.5 Å². The molecule has 0 spiro atoms. The number of rotatable bonds is 16. The van der Waals surface area contributed by atoms with Crippen LogP contribution in [0.15, 0.2) is 64.9 Å². The van der Waals surface area contributed by atoms with Gasteiger partial charge in [0.15, 0.2) is 17.8 Å². The Morgan fingerprint density at radius 2 is 1.66 bits per heavy atom. The number of carbonyl (C=O) groups excluding carboxylic acids is 3. The van der Waals surface area contributed by atoms with Gasteiger partial charge >= 0.3 is 18.3 Å². The first-order valence-electron chi connectivity index (χ1n) is 34.8. The number of nitrogens with zero attached hydrogens (tertiary/aromatic N) is 12. The number of aryl methyl sites for hydroxylation is 2. The maximum Gasteiger partial charge on any atom is 0.417 e. The maximum atomic E-state index is 15.6. The Hall–Kier alpha value is -7.52. The van der Waals surface area contributed by atoms with Crippen molar-refractivity contribution in [2.24, 2.45) is 17.3 Å². The van der Waals surface area contributed by atoms with Crippen molar-refractivity contribution < 1.29 is 51.4 Å². The molecule has 0 aliphatic carbocycles. The van der Waals surface area contributed by atoms with E-state index in [4.69, 9.17) is 33.7 Å². The molecule has 6 aliphatic heterocycles. The third kappa shape index (κ3) is 13.4. The summed E-state index contributed by atoms with van der Waals surface area (Å²) in [5, 5.41) is 24.9. The van der Waals surface area contributed by atoms with Gasteiger partial charge in [0.05, 0.1) is 80.0 Å². The van der Waals surface area contributed by atoms with Crippen molar-refractivity contribution in [2.75, 3.05) is 75.4 Å². The molecule has 3 amide bonds. The van der Waals surface area contributed by atoms with E-state index in [0.29, 0.717) is 87.2 Å². The zero-order valence-corrected chi connectivity index (χ0v) is 58.9. The molecule has 14 rings (SSSR count). The average Bonchev–Trinajstić information content (AvgIpc) is 1.52. The van der Waals surface area contributed by atoms with E-state index in [1.165, 1.54) is 29.4 Å². The number of pyridine rings is 1. The van der Waals surface area contributed by atoms with Crippen molar-refractivity contribution in [1.29, 1.82) is 0 Å². The molecule has 21 nitrogen and oxygen atoms in total. The summed E-state index contributed by atoms with van der Waals surface area (Å²) in [5.74, 6) is 0.614. The van der Waals surface area contributed by atoms with Gasteiger partial charge in [-0.2, -0.15) is 28.2 Å². The minimum Gasteiger partial charge on any atom is -0.463 e. The van der Waals surface area contributed by atoms with E-state index in [0.717, 1.165) is 106 Å². The summed E-state index contributed by atoms with van der Waals surface area (Å²) in [7, 11) is 0. The van der Waals surface area contributed by atoms with Gasteiger partial charge in [0.25, 0.3) is 0 Å². The lowest BCUT2D eigenvalue weighted by atomic mass is 9.82. The zero-order valence-electron chi connectivity index (χ0n) is 57.2. The number of anilines is 2. The number of β-amino-alcohol motifs (C(OH)–C–C–N with tert-alkyl or cyclic N) is 1. The van der Waals surface area contributed by atoms with Gasteiger partial charge in [0, 0.05) is 92.9 Å². The number of aliphatic hydroxyl groups is 1. The Kier molecular flexibility index (Phi) is 18.5. The third-order valence-corrected chi connectivity index (χ3v) is 23.0. The first-order valence-corrected chi connectivity index (χ1v) is 36.5. The summed E-state index contributed by atoms with van der Waals surface area (Å²) >= 11 is 2.87. The molecule has 0 radical (unpaired) electrons. The number of piperazine rings is 1. The topological polar surface area (TPSA) is 223 Å². The normalized spacial score (nSPS) is 23.6. The summed E-state index contributed by atoms with van der Waals surface area (Å²) in [6.07, 6.45) is 4.74. The van der Waals surface area contributed by atoms with Gasteiger partial charge in [-0.15, -0.1) is 22.7 Å². The smallest absolute Gasteiger partial charge is 0.417 e. The van der Waals surface area contributed by atoms with Crippen molar-refractivity contribution in [3.63, 3.8) is 0 Å². The molecular weight excluding hydrogens is 1300 g/mol. The number of ether oxygens (including phenoxy) is 3. The predicted molar refractivity (Wildman–Crippen MR) is 370 cm³/mol. The van der Waals surface area contributed by atoms with E-state index in [1.54, 1.807) is 28.3 Å². The number of amides is 3. The van der Waals surface area contributed by atoms with E-state index in [-0.39, 0.29) is 83.2 Å². The largest absolute Gasteiger partial charge is 0.463 e. The second-order valence-electron chi connectivity index (χ2n) is 29.8. The minimum absolute atomic E-state index is 0.0390. The highest BCUT2D eigenvalue weighted by Gasteiger charge is 2.47. The van der Waals surface area contributed by atoms with E-state index < -0.39 is 41.6 Å². The molecule has 6 aromatic heterocycles. The summed E-state index contributed by atoms with van der Waals surface area (Å²) in [6.45, 7) is 23.2. The first kappa shape index (κ1) is 67.7. The van der Waals surface area contributed by atoms with Crippen LogP contribution in [0.5, 0.6) is 6.01 Å². The van der Waals surface area contributed by atoms with Crippen LogP contribution in [0.1, 0.15) is 159 Å². The van der Waals surface area contributed by atoms with Gasteiger partial charge in [0.1, 0.15) is 28.2 Å². The highest BCUT2D eigenvalue weighted by atomic mass is 32.1. The molecular formula is C72H88F3N13O8S2. The molecule has 0 saturated carbocycles. The second-order valence-corrected chi connectivity index (χ2v) is 31.7. The van der Waals surface area contributed by atoms with Crippen LogP contribution in [-0.4, -0.2) is 168 Å². The van der Waals surface area contributed by atoms with Crippen molar-refractivity contribution in [1.82, 2.24) is 54.9 Å². The number of thiazole rings is 1. The molecule has 12 heterocycles. The number of hydrogen-bond acceptors (Lipinski definition) is 19. The molecule has 6 aliphatic rings. The zero-order chi connectivity index (χ0) is 68.7. The van der Waals surface area contributed by atoms with Crippen LogP contribution < -0.4 is 19.9 Å². The Labute approximate surface area is 576 Å². The summed E-state index contributed by atoms with van der Waals surface area (Å²) in [5.41, 5.74) is 3.82. The fourth-order valence-electron chi connectivity index (χ4n) is 16.1. The summed E-state index contributed by atoms with van der Waals surface area (Å²) in [4.78, 5) is 73.9. The Morgan fingerprint density at radius 1 is 0.898 bits per heavy atom. The minimum atomic E-state index is -4.72. The van der Waals surface area contributed by atoms with Crippen LogP contribution in [0.2, 0.25) is 0 Å². The van der Waals surface area contributed by atoms with E-state index in [2.05, 4.69) is 42.2 Å². The van der Waals surface area contributed by atoms with Gasteiger partial charge in [0.2, 0.25) is 11.8 Å². The van der Waals surface area contributed by atoms with Crippen molar-refractivity contribution >= 4 is 83.4 Å². The van der Waals surface area contributed by atoms with Crippen LogP contribution in [0.3, 0.4) is 0 Å². The highest BCUT2D eigenvalue weighted by Crippen LogP contribution is 2.50. The number of fused-ring (bicyclic) bond motifs is 6. The highest BCUT2D eigenvalue weighted by molar-refractivity contribution is 7.26. The van der Waals surface area contributed by atoms with Crippen LogP contribution in [-0.2, 0) is 25.2 Å². The standard InChI is InChI=1S/C72H88F3N13O8S2/c1-40(2)57(67(91)86-36-49(89)30-53(86)65(90)79-42(4)45-14-16-46(17-15-45)62-43(5)77-39-97-62)54-31-55(82-96-54)84-26-21-44(22-27-84)33-83-25-12-23-71(9,37-83)38-94-68-80-64(85-34-47-18-19-48(35-85)87(47)69(92)95-70(6,7)8)59-50-20-24-76-61(63(50)98-66(59)81-68)58-51-32-78-88(56-13-10-11-28-93-56)52(51)29-41(3)60(58)72(73,74)75/h14-17,20,24,29,31-32,39-40,42,44,47-49,53,56-57,89H,10-13,18-19,21-23,25-28,30,33-38H2,1-9H3,(H,79,90)/t42-,47-,48+,49+,53-,56?,57+,71?/m0/s1. The predicted octanol–water partition coefficient (Wildman–Crippen LogP) is 13.3. The number of alkyl halides is 3. The van der Waals surface area contributed by atoms with Gasteiger partial charge in [-0.3, -0.25) is 19.5 Å². The number of hydrogen-bond donors (Lipinski definition) is 2. The number of nitrogens with one attached hydrogen (secondary N) is 1. The van der Waals surface area contributed by atoms with Crippen molar-refractivity contribution in [2.45, 2.75) is 181 Å². The SMILES string of the molecule is Cc1cc2c(cnn2C2CCCCO2)c(-c2nccc3c2sc2nc(OCC4(C)CCCN(CC5CCN(c6cc([C@H](C(=O)N7C[C@H](O)C[C@H]7C(=O)N[C@@H](C)c7ccc(-c8scnc8C)cc7)C(C)C)on6)CC5)C4)nc(N4C[C@H]5CC[C@@H](C4)N5C(=O)OC(C)(C)C)c23)c1C(F)(F)F. The molecule has 522 valence electrons. The van der Waals surface area contributed by atoms with Crippen LogP contribution in [0.25, 0.3) is 52.9 Å². The van der Waals surface area contributed by atoms with Crippen molar-refractivity contribution in [3.8, 4) is 27.7 Å². The molecule has 2 unspecified atom stereocenters. The van der Waals surface area contributed by atoms with Crippen LogP contribution in [0.4, 0.5) is 29.6 Å². The molecule has 8 aromatic rings. The first-order chi connectivity index (χ1) is 46.8. The molecule has 6 fully saturated rings. The fourth-order valence-corrected chi connectivity index (χ4v) is 18.1. The molecule has 26 heteroatoms. The number of piperidine rings is 2. The Morgan fingerprint density at radius 3 is 2.36 bits per heavy atom. The monoisotopic (exact) mass is 1380 g/mol. The summed E-state index contributed by atoms with van der Waals surface area (Å²) < 4.78 is 73.9.